The maximum Gasteiger partial charge on any atom is 0.314 e. The van der Waals surface area contributed by atoms with Crippen molar-refractivity contribution in [3.05, 3.63) is 61.5 Å². The van der Waals surface area contributed by atoms with Crippen LogP contribution >= 0.6 is 15.9 Å². The van der Waals surface area contributed by atoms with Gasteiger partial charge in [0.1, 0.15) is 0 Å². The third kappa shape index (κ3) is 2.52. The third-order valence-electron chi connectivity index (χ3n) is 2.84. The summed E-state index contributed by atoms with van der Waals surface area (Å²) < 4.78 is 5.32. The van der Waals surface area contributed by atoms with Crippen LogP contribution in [0.1, 0.15) is 10.4 Å². The van der Waals surface area contributed by atoms with Gasteiger partial charge in [0, 0.05) is 5.69 Å². The molecule has 3 rings (SSSR count). The van der Waals surface area contributed by atoms with E-state index in [1.807, 2.05) is 0 Å². The van der Waals surface area contributed by atoms with Crippen LogP contribution in [-0.4, -0.2) is 15.9 Å². The normalized spacial score (nSPS) is 10.7. The van der Waals surface area contributed by atoms with E-state index in [1.165, 1.54) is 12.3 Å². The molecular weight excluding hydrogens is 342 g/mol. The third-order valence-corrected chi connectivity index (χ3v) is 3.46. The topological polar surface area (TPSA) is 108 Å². The zero-order chi connectivity index (χ0) is 15.0. The minimum atomic E-state index is -0.747. The first kappa shape index (κ1) is 13.4. The summed E-state index contributed by atoms with van der Waals surface area (Å²) in [6, 6.07) is 6.29. The Hall–Kier alpha value is -2.61. The molecule has 8 heteroatoms. The molecule has 0 fully saturated rings. The molecule has 1 aromatic carbocycles. The SMILES string of the molecule is O=C(Nc1ccc2[nH]c(=O)c(=O)[nH]c2c1)c1ccoc1Br. The van der Waals surface area contributed by atoms with Crippen molar-refractivity contribution < 1.29 is 9.21 Å². The fourth-order valence-corrected chi connectivity index (χ4v) is 2.27. The molecule has 21 heavy (non-hydrogen) atoms. The number of halogens is 1. The molecular formula is C13H8BrN3O4. The number of fused-ring (bicyclic) bond motifs is 1. The van der Waals surface area contributed by atoms with Crippen LogP contribution in [0.15, 0.2) is 49.2 Å². The molecule has 0 aliphatic rings. The minimum absolute atomic E-state index is 0.332. The highest BCUT2D eigenvalue weighted by Crippen LogP contribution is 2.20. The quantitative estimate of drug-likeness (QED) is 0.613. The van der Waals surface area contributed by atoms with Gasteiger partial charge in [0.25, 0.3) is 5.91 Å². The summed E-state index contributed by atoms with van der Waals surface area (Å²) in [6.07, 6.45) is 1.39. The van der Waals surface area contributed by atoms with Crippen LogP contribution in [0.4, 0.5) is 5.69 Å². The Labute approximate surface area is 125 Å². The molecule has 3 N–H and O–H groups in total. The van der Waals surface area contributed by atoms with E-state index in [1.54, 1.807) is 18.2 Å². The van der Waals surface area contributed by atoms with Gasteiger partial charge in [0.2, 0.25) is 0 Å². The number of hydrogen-bond acceptors (Lipinski definition) is 4. The van der Waals surface area contributed by atoms with E-state index in [9.17, 15) is 14.4 Å². The molecule has 0 saturated carbocycles. The first-order valence-electron chi connectivity index (χ1n) is 5.85. The molecule has 0 bridgehead atoms. The van der Waals surface area contributed by atoms with Crippen molar-refractivity contribution in [3.63, 3.8) is 0 Å². The average molecular weight is 350 g/mol. The Morgan fingerprint density at radius 3 is 2.48 bits per heavy atom. The first-order chi connectivity index (χ1) is 10.0. The van der Waals surface area contributed by atoms with Gasteiger partial charge >= 0.3 is 11.1 Å². The fourth-order valence-electron chi connectivity index (χ4n) is 1.85. The van der Waals surface area contributed by atoms with Gasteiger partial charge < -0.3 is 19.7 Å². The summed E-state index contributed by atoms with van der Waals surface area (Å²) >= 11 is 3.12. The number of nitrogens with one attached hydrogen (secondary N) is 3. The predicted molar refractivity (Wildman–Crippen MR) is 79.6 cm³/mol. The zero-order valence-electron chi connectivity index (χ0n) is 10.4. The van der Waals surface area contributed by atoms with Gasteiger partial charge in [0.15, 0.2) is 4.67 Å². The fraction of sp³-hybridized carbons (Fsp3) is 0. The number of carbonyl (C=O) groups is 1. The van der Waals surface area contributed by atoms with Crippen LogP contribution in [0.5, 0.6) is 0 Å². The van der Waals surface area contributed by atoms with Crippen molar-refractivity contribution in [3.8, 4) is 0 Å². The van der Waals surface area contributed by atoms with E-state index in [0.717, 1.165) is 0 Å². The number of anilines is 1. The van der Waals surface area contributed by atoms with Gasteiger partial charge in [-0.3, -0.25) is 14.4 Å². The van der Waals surface area contributed by atoms with Crippen LogP contribution in [0.3, 0.4) is 0 Å². The largest absolute Gasteiger partial charge is 0.457 e. The Morgan fingerprint density at radius 1 is 1.10 bits per heavy atom. The number of aromatic amines is 2. The number of benzene rings is 1. The maximum absolute atomic E-state index is 12.0. The van der Waals surface area contributed by atoms with E-state index in [-0.39, 0.29) is 5.91 Å². The van der Waals surface area contributed by atoms with Crippen LogP contribution in [0.2, 0.25) is 0 Å². The van der Waals surface area contributed by atoms with E-state index >= 15 is 0 Å². The zero-order valence-corrected chi connectivity index (χ0v) is 12.0. The number of aromatic nitrogens is 2. The highest BCUT2D eigenvalue weighted by molar-refractivity contribution is 9.10. The highest BCUT2D eigenvalue weighted by Gasteiger charge is 2.13. The molecule has 7 nitrogen and oxygen atoms in total. The van der Waals surface area contributed by atoms with Crippen molar-refractivity contribution in [2.75, 3.05) is 5.32 Å². The molecule has 0 unspecified atom stereocenters. The summed E-state index contributed by atoms with van der Waals surface area (Å²) in [4.78, 5) is 39.4. The Balaban J connectivity index is 1.97. The summed E-state index contributed by atoms with van der Waals surface area (Å²) in [7, 11) is 0. The van der Waals surface area contributed by atoms with Crippen molar-refractivity contribution in [2.24, 2.45) is 0 Å². The molecule has 0 aliphatic carbocycles. The van der Waals surface area contributed by atoms with Gasteiger partial charge in [-0.25, -0.2) is 0 Å². The molecule has 106 valence electrons. The van der Waals surface area contributed by atoms with E-state index in [4.69, 9.17) is 4.42 Å². The Morgan fingerprint density at radius 2 is 1.81 bits per heavy atom. The average Bonchev–Trinajstić information content (AvgIpc) is 2.87. The van der Waals surface area contributed by atoms with Gasteiger partial charge in [-0.2, -0.15) is 0 Å². The second-order valence-electron chi connectivity index (χ2n) is 4.23. The molecule has 0 aliphatic heterocycles. The maximum atomic E-state index is 12.0. The lowest BCUT2D eigenvalue weighted by molar-refractivity contribution is 0.102. The van der Waals surface area contributed by atoms with Gasteiger partial charge in [-0.05, 0) is 40.2 Å². The van der Waals surface area contributed by atoms with Crippen molar-refractivity contribution >= 4 is 38.6 Å². The summed E-state index contributed by atoms with van der Waals surface area (Å²) in [6.45, 7) is 0. The van der Waals surface area contributed by atoms with Crippen LogP contribution in [0, 0.1) is 0 Å². The monoisotopic (exact) mass is 349 g/mol. The molecule has 0 saturated heterocycles. The standard InChI is InChI=1S/C13H8BrN3O4/c14-10-7(3-4-21-10)11(18)15-6-1-2-8-9(5-6)17-13(20)12(19)16-8/h1-5H,(H,15,18)(H,16,19)(H,17,20). The Kier molecular flexibility index (Phi) is 3.22. The smallest absolute Gasteiger partial charge is 0.314 e. The molecule has 0 atom stereocenters. The van der Waals surface area contributed by atoms with E-state index < -0.39 is 11.1 Å². The van der Waals surface area contributed by atoms with E-state index in [2.05, 4.69) is 31.2 Å². The lowest BCUT2D eigenvalue weighted by Crippen LogP contribution is -2.28. The molecule has 1 amide bonds. The van der Waals surface area contributed by atoms with Crippen LogP contribution in [-0.2, 0) is 0 Å². The lowest BCUT2D eigenvalue weighted by atomic mass is 10.2. The number of amides is 1. The molecule has 0 radical (unpaired) electrons. The number of carbonyl (C=O) groups excluding carboxylic acids is 1. The molecule has 3 aromatic rings. The van der Waals surface area contributed by atoms with Crippen molar-refractivity contribution in [2.45, 2.75) is 0 Å². The summed E-state index contributed by atoms with van der Waals surface area (Å²) in [5, 5.41) is 2.67. The first-order valence-corrected chi connectivity index (χ1v) is 6.64. The summed E-state index contributed by atoms with van der Waals surface area (Å²) in [5.41, 5.74) is 0.254. The van der Waals surface area contributed by atoms with Crippen LogP contribution in [0.25, 0.3) is 11.0 Å². The lowest BCUT2D eigenvalue weighted by Gasteiger charge is -2.05. The minimum Gasteiger partial charge on any atom is -0.457 e. The van der Waals surface area contributed by atoms with Gasteiger partial charge in [-0.15, -0.1) is 0 Å². The van der Waals surface area contributed by atoms with Crippen LogP contribution < -0.4 is 16.4 Å². The second kappa shape index (κ2) is 5.06. The number of rotatable bonds is 2. The van der Waals surface area contributed by atoms with Crippen molar-refractivity contribution in [1.29, 1.82) is 0 Å². The highest BCUT2D eigenvalue weighted by atomic mass is 79.9. The second-order valence-corrected chi connectivity index (χ2v) is 4.95. The Bertz CT molecular complexity index is 954. The number of furan rings is 1. The van der Waals surface area contributed by atoms with E-state index in [0.29, 0.717) is 27.0 Å². The number of hydrogen-bond donors (Lipinski definition) is 3. The van der Waals surface area contributed by atoms with Crippen molar-refractivity contribution in [1.82, 2.24) is 9.97 Å². The van der Waals surface area contributed by atoms with Gasteiger partial charge in [-0.1, -0.05) is 0 Å². The number of H-pyrrole nitrogens is 2. The molecule has 0 spiro atoms. The predicted octanol–water partition coefficient (Wildman–Crippen LogP) is 1.82. The molecule has 2 heterocycles. The summed E-state index contributed by atoms with van der Waals surface area (Å²) in [5.74, 6) is -0.359. The molecule has 2 aromatic heterocycles. The van der Waals surface area contributed by atoms with Gasteiger partial charge in [0.05, 0.1) is 22.9 Å².